The molecule has 0 unspecified atom stereocenters. The van der Waals surface area contributed by atoms with Gasteiger partial charge in [-0.3, -0.25) is 5.10 Å². The molecule has 0 aliphatic carbocycles. The highest BCUT2D eigenvalue weighted by Gasteiger charge is 2.18. The van der Waals surface area contributed by atoms with Crippen LogP contribution in [-0.4, -0.2) is 29.5 Å². The number of rotatable bonds is 2. The van der Waals surface area contributed by atoms with Crippen LogP contribution in [0.25, 0.3) is 28.1 Å². The molecule has 24 heavy (non-hydrogen) atoms. The van der Waals surface area contributed by atoms with Crippen molar-refractivity contribution >= 4 is 23.3 Å². The van der Waals surface area contributed by atoms with E-state index in [1.807, 2.05) is 66.5 Å². The third-order valence-corrected chi connectivity index (χ3v) is 4.43. The first-order valence-electron chi connectivity index (χ1n) is 7.60. The van der Waals surface area contributed by atoms with Crippen LogP contribution in [0.1, 0.15) is 11.4 Å². The molecule has 0 saturated carbocycles. The molecule has 4 rings (SSSR count). The Morgan fingerprint density at radius 1 is 1.12 bits per heavy atom. The molecule has 1 N–H and O–H groups in total. The average Bonchev–Trinajstić information content (AvgIpc) is 3.08. The Balaban J connectivity index is 2.09. The summed E-state index contributed by atoms with van der Waals surface area (Å²) in [7, 11) is 1.90. The minimum atomic E-state index is 0.584. The van der Waals surface area contributed by atoms with Gasteiger partial charge in [0.05, 0.1) is 16.8 Å². The van der Waals surface area contributed by atoms with E-state index in [4.69, 9.17) is 22.3 Å². The number of aryl methyl sites for hydroxylation is 2. The number of H-pyrrole nitrogens is 1. The summed E-state index contributed by atoms with van der Waals surface area (Å²) in [5.74, 6) is 0.784. The number of para-hydroxylation sites is 1. The van der Waals surface area contributed by atoms with E-state index in [0.717, 1.165) is 39.5 Å². The summed E-state index contributed by atoms with van der Waals surface area (Å²) in [6.07, 6.45) is 0. The number of aromatic amines is 1. The van der Waals surface area contributed by atoms with E-state index >= 15 is 0 Å². The first-order valence-corrected chi connectivity index (χ1v) is 8.01. The maximum absolute atomic E-state index is 5.25. The van der Waals surface area contributed by atoms with Gasteiger partial charge in [0.1, 0.15) is 0 Å². The number of pyridine rings is 1. The quantitative estimate of drug-likeness (QED) is 0.569. The van der Waals surface area contributed by atoms with Gasteiger partial charge in [-0.05, 0) is 44.3 Å². The van der Waals surface area contributed by atoms with E-state index in [1.165, 1.54) is 0 Å². The van der Waals surface area contributed by atoms with Gasteiger partial charge in [-0.2, -0.15) is 10.2 Å². The molecule has 120 valence electrons. The normalized spacial score (nSPS) is 11.3. The minimum absolute atomic E-state index is 0.584. The number of hydrogen-bond donors (Lipinski definition) is 1. The highest BCUT2D eigenvalue weighted by atomic mass is 32.1. The van der Waals surface area contributed by atoms with Crippen LogP contribution in [0.15, 0.2) is 36.4 Å². The molecule has 0 radical (unpaired) electrons. The van der Waals surface area contributed by atoms with Gasteiger partial charge < -0.3 is 4.57 Å². The van der Waals surface area contributed by atoms with Crippen LogP contribution >= 0.6 is 12.2 Å². The second-order valence-corrected chi connectivity index (χ2v) is 6.14. The molecule has 0 aliphatic rings. The van der Waals surface area contributed by atoms with Gasteiger partial charge in [-0.25, -0.2) is 9.67 Å². The minimum Gasteiger partial charge on any atom is -0.303 e. The zero-order chi connectivity index (χ0) is 16.8. The van der Waals surface area contributed by atoms with Crippen molar-refractivity contribution in [3.63, 3.8) is 0 Å². The molecule has 4 aromatic rings. The largest absolute Gasteiger partial charge is 0.303 e. The highest BCUT2D eigenvalue weighted by Crippen LogP contribution is 2.30. The Hall–Kier alpha value is -2.80. The number of nitrogens with one attached hydrogen (secondary N) is 1. The van der Waals surface area contributed by atoms with E-state index in [-0.39, 0.29) is 0 Å². The van der Waals surface area contributed by atoms with Gasteiger partial charge in [0.15, 0.2) is 16.2 Å². The fourth-order valence-electron chi connectivity index (χ4n) is 2.93. The Bertz CT molecular complexity index is 1100. The van der Waals surface area contributed by atoms with Crippen LogP contribution in [0.4, 0.5) is 0 Å². The Labute approximate surface area is 143 Å². The second kappa shape index (κ2) is 5.38. The van der Waals surface area contributed by atoms with Crippen LogP contribution in [0.5, 0.6) is 0 Å². The molecule has 1 aromatic carbocycles. The van der Waals surface area contributed by atoms with Crippen LogP contribution in [-0.2, 0) is 7.05 Å². The molecular weight excluding hydrogens is 320 g/mol. The van der Waals surface area contributed by atoms with Crippen molar-refractivity contribution in [3.8, 4) is 17.1 Å². The average molecular weight is 336 g/mol. The van der Waals surface area contributed by atoms with Crippen molar-refractivity contribution in [3.05, 3.63) is 52.6 Å². The van der Waals surface area contributed by atoms with Crippen molar-refractivity contribution in [1.29, 1.82) is 0 Å². The number of hydrogen-bond acceptors (Lipinski definition) is 4. The third-order valence-electron chi connectivity index (χ3n) is 4.06. The van der Waals surface area contributed by atoms with Gasteiger partial charge in [0, 0.05) is 18.3 Å². The maximum Gasteiger partial charge on any atom is 0.195 e. The van der Waals surface area contributed by atoms with E-state index in [1.54, 1.807) is 0 Å². The summed E-state index contributed by atoms with van der Waals surface area (Å²) in [4.78, 5) is 4.72. The molecule has 0 atom stereocenters. The van der Waals surface area contributed by atoms with Crippen LogP contribution in [0.2, 0.25) is 0 Å². The summed E-state index contributed by atoms with van der Waals surface area (Å²) in [5.41, 5.74) is 4.60. The molecule has 3 heterocycles. The number of benzene rings is 1. The van der Waals surface area contributed by atoms with Crippen molar-refractivity contribution in [2.75, 3.05) is 0 Å². The first kappa shape index (κ1) is 14.8. The van der Waals surface area contributed by atoms with E-state index < -0.39 is 0 Å². The van der Waals surface area contributed by atoms with Crippen molar-refractivity contribution < 1.29 is 0 Å². The number of nitrogens with zero attached hydrogens (tertiary/aromatic N) is 5. The zero-order valence-electron chi connectivity index (χ0n) is 13.6. The molecule has 7 heteroatoms. The van der Waals surface area contributed by atoms with E-state index in [2.05, 4.69) is 10.2 Å². The molecule has 0 bridgehead atoms. The number of aromatic nitrogens is 6. The van der Waals surface area contributed by atoms with Crippen molar-refractivity contribution in [1.82, 2.24) is 29.5 Å². The van der Waals surface area contributed by atoms with E-state index in [9.17, 15) is 0 Å². The van der Waals surface area contributed by atoms with Gasteiger partial charge in [-0.1, -0.05) is 18.2 Å². The van der Waals surface area contributed by atoms with Crippen molar-refractivity contribution in [2.24, 2.45) is 7.05 Å². The highest BCUT2D eigenvalue weighted by molar-refractivity contribution is 7.71. The summed E-state index contributed by atoms with van der Waals surface area (Å²) < 4.78 is 4.33. The SMILES string of the molecule is Cc1cc(-c2n[nH]c(=S)n2C)c2c(C)nn(-c3ccccc3)c2n1. The maximum atomic E-state index is 5.25. The summed E-state index contributed by atoms with van der Waals surface area (Å²) in [5, 5.41) is 12.9. The van der Waals surface area contributed by atoms with Gasteiger partial charge in [0.2, 0.25) is 0 Å². The van der Waals surface area contributed by atoms with Crippen molar-refractivity contribution in [2.45, 2.75) is 13.8 Å². The molecule has 0 spiro atoms. The molecule has 3 aromatic heterocycles. The monoisotopic (exact) mass is 336 g/mol. The Morgan fingerprint density at radius 3 is 2.54 bits per heavy atom. The number of fused-ring (bicyclic) bond motifs is 1. The lowest BCUT2D eigenvalue weighted by Gasteiger charge is -2.06. The smallest absolute Gasteiger partial charge is 0.195 e. The molecule has 0 amide bonds. The standard InChI is InChI=1S/C17H16N6S/c1-10-9-13(15-19-20-17(24)22(15)3)14-11(2)21-23(16(14)18-10)12-7-5-4-6-8-12/h4-9H,1-3H3,(H,20,24). The molecule has 0 fully saturated rings. The van der Waals surface area contributed by atoms with E-state index in [0.29, 0.717) is 4.77 Å². The fraction of sp³-hybridized carbons (Fsp3) is 0.176. The van der Waals surface area contributed by atoms with Gasteiger partial charge in [0.25, 0.3) is 0 Å². The molecular formula is C17H16N6S. The predicted molar refractivity (Wildman–Crippen MR) is 95.7 cm³/mol. The summed E-state index contributed by atoms with van der Waals surface area (Å²) >= 11 is 5.25. The molecule has 0 saturated heterocycles. The lowest BCUT2D eigenvalue weighted by atomic mass is 10.1. The first-order chi connectivity index (χ1) is 11.6. The topological polar surface area (TPSA) is 64.3 Å². The lowest BCUT2D eigenvalue weighted by molar-refractivity contribution is 0.875. The van der Waals surface area contributed by atoms with Crippen LogP contribution in [0, 0.1) is 18.6 Å². The Morgan fingerprint density at radius 2 is 1.88 bits per heavy atom. The van der Waals surface area contributed by atoms with Crippen LogP contribution in [0.3, 0.4) is 0 Å². The Kier molecular flexibility index (Phi) is 3.31. The van der Waals surface area contributed by atoms with Crippen LogP contribution < -0.4 is 0 Å². The second-order valence-electron chi connectivity index (χ2n) is 5.75. The van der Waals surface area contributed by atoms with Gasteiger partial charge in [-0.15, -0.1) is 0 Å². The van der Waals surface area contributed by atoms with Gasteiger partial charge >= 0.3 is 0 Å². The molecule has 0 aliphatic heterocycles. The third kappa shape index (κ3) is 2.16. The predicted octanol–water partition coefficient (Wildman–Crippen LogP) is 3.50. The summed E-state index contributed by atoms with van der Waals surface area (Å²) in [6.45, 7) is 3.96. The summed E-state index contributed by atoms with van der Waals surface area (Å²) in [6, 6.07) is 12.0. The lowest BCUT2D eigenvalue weighted by Crippen LogP contribution is -1.99. The zero-order valence-corrected chi connectivity index (χ0v) is 14.4. The molecule has 6 nitrogen and oxygen atoms in total. The fourth-order valence-corrected chi connectivity index (χ4v) is 3.06.